The van der Waals surface area contributed by atoms with Gasteiger partial charge in [-0.25, -0.2) is 0 Å². The zero-order valence-electron chi connectivity index (χ0n) is 14.5. The molecule has 27 heavy (non-hydrogen) atoms. The standard InChI is InChI=1S/C19H17ClN4O2S/c1-12(25)21-16(13-7-9-15(20)10-8-13)11-17(26)22-19-24-23-18(27-19)14-5-3-2-4-6-14/h2-10,16H,11H2,1H3,(H,21,25)(H,22,24,26). The largest absolute Gasteiger partial charge is 0.349 e. The Bertz CT molecular complexity index is 928. The number of halogens is 1. The second kappa shape index (κ2) is 8.75. The van der Waals surface area contributed by atoms with E-state index < -0.39 is 6.04 Å². The Balaban J connectivity index is 1.68. The van der Waals surface area contributed by atoms with E-state index in [2.05, 4.69) is 20.8 Å². The van der Waals surface area contributed by atoms with Crippen molar-refractivity contribution in [3.8, 4) is 10.6 Å². The third-order valence-corrected chi connectivity index (χ3v) is 4.87. The fraction of sp³-hybridized carbons (Fsp3) is 0.158. The molecule has 2 aromatic carbocycles. The van der Waals surface area contributed by atoms with Crippen LogP contribution >= 0.6 is 22.9 Å². The number of aromatic nitrogens is 2. The normalized spacial score (nSPS) is 11.6. The number of rotatable bonds is 6. The van der Waals surface area contributed by atoms with E-state index in [0.29, 0.717) is 10.2 Å². The molecule has 1 aromatic heterocycles. The van der Waals surface area contributed by atoms with E-state index in [-0.39, 0.29) is 18.2 Å². The third-order valence-electron chi connectivity index (χ3n) is 3.73. The maximum Gasteiger partial charge on any atom is 0.228 e. The van der Waals surface area contributed by atoms with E-state index >= 15 is 0 Å². The lowest BCUT2D eigenvalue weighted by molar-refractivity contribution is -0.120. The van der Waals surface area contributed by atoms with Gasteiger partial charge in [-0.3, -0.25) is 9.59 Å². The Morgan fingerprint density at radius 2 is 1.78 bits per heavy atom. The minimum atomic E-state index is -0.457. The molecule has 0 fully saturated rings. The summed E-state index contributed by atoms with van der Waals surface area (Å²) in [5.74, 6) is -0.482. The first-order valence-corrected chi connectivity index (χ1v) is 9.42. The monoisotopic (exact) mass is 400 g/mol. The molecule has 2 N–H and O–H groups in total. The van der Waals surface area contributed by atoms with Crippen LogP contribution in [0, 0.1) is 0 Å². The Hall–Kier alpha value is -2.77. The van der Waals surface area contributed by atoms with Crippen molar-refractivity contribution in [2.45, 2.75) is 19.4 Å². The molecule has 0 bridgehead atoms. The van der Waals surface area contributed by atoms with Gasteiger partial charge in [0.2, 0.25) is 16.9 Å². The van der Waals surface area contributed by atoms with Gasteiger partial charge in [-0.05, 0) is 17.7 Å². The average Bonchev–Trinajstić information content (AvgIpc) is 3.10. The van der Waals surface area contributed by atoms with Gasteiger partial charge in [0.15, 0.2) is 0 Å². The van der Waals surface area contributed by atoms with Crippen LogP contribution in [0.2, 0.25) is 5.02 Å². The Morgan fingerprint density at radius 1 is 1.07 bits per heavy atom. The highest BCUT2D eigenvalue weighted by Gasteiger charge is 2.18. The van der Waals surface area contributed by atoms with Gasteiger partial charge >= 0.3 is 0 Å². The van der Waals surface area contributed by atoms with E-state index in [1.807, 2.05) is 30.3 Å². The average molecular weight is 401 g/mol. The number of nitrogens with zero attached hydrogens (tertiary/aromatic N) is 2. The molecule has 3 aromatic rings. The van der Waals surface area contributed by atoms with Crippen LogP contribution in [-0.4, -0.2) is 22.0 Å². The van der Waals surface area contributed by atoms with Crippen molar-refractivity contribution in [3.63, 3.8) is 0 Å². The number of anilines is 1. The van der Waals surface area contributed by atoms with Gasteiger partial charge in [-0.1, -0.05) is 65.4 Å². The predicted octanol–water partition coefficient (Wildman–Crippen LogP) is 4.06. The smallest absolute Gasteiger partial charge is 0.228 e. The quantitative estimate of drug-likeness (QED) is 0.653. The highest BCUT2D eigenvalue weighted by atomic mass is 35.5. The van der Waals surface area contributed by atoms with Crippen LogP contribution in [0.25, 0.3) is 10.6 Å². The summed E-state index contributed by atoms with van der Waals surface area (Å²) in [6, 6.07) is 16.2. The number of benzene rings is 2. The lowest BCUT2D eigenvalue weighted by Crippen LogP contribution is -2.29. The second-order valence-electron chi connectivity index (χ2n) is 5.84. The Morgan fingerprint density at radius 3 is 2.44 bits per heavy atom. The summed E-state index contributed by atoms with van der Waals surface area (Å²) in [6.45, 7) is 1.41. The number of hydrogen-bond acceptors (Lipinski definition) is 5. The highest BCUT2D eigenvalue weighted by Crippen LogP contribution is 2.26. The van der Waals surface area contributed by atoms with Crippen molar-refractivity contribution in [1.82, 2.24) is 15.5 Å². The van der Waals surface area contributed by atoms with Crippen LogP contribution in [0.3, 0.4) is 0 Å². The topological polar surface area (TPSA) is 84.0 Å². The van der Waals surface area contributed by atoms with Crippen molar-refractivity contribution < 1.29 is 9.59 Å². The first-order valence-electron chi connectivity index (χ1n) is 8.22. The fourth-order valence-corrected chi connectivity index (χ4v) is 3.41. The zero-order valence-corrected chi connectivity index (χ0v) is 16.1. The Labute approximate surface area is 165 Å². The summed E-state index contributed by atoms with van der Waals surface area (Å²) in [5.41, 5.74) is 1.74. The summed E-state index contributed by atoms with van der Waals surface area (Å²) in [5, 5.41) is 15.4. The predicted molar refractivity (Wildman–Crippen MR) is 107 cm³/mol. The zero-order chi connectivity index (χ0) is 19.2. The summed E-state index contributed by atoms with van der Waals surface area (Å²) in [6.07, 6.45) is 0.0709. The summed E-state index contributed by atoms with van der Waals surface area (Å²) < 4.78 is 0. The van der Waals surface area contributed by atoms with Gasteiger partial charge < -0.3 is 10.6 Å². The molecule has 0 radical (unpaired) electrons. The molecular formula is C19H17ClN4O2S. The summed E-state index contributed by atoms with van der Waals surface area (Å²) in [4.78, 5) is 23.9. The van der Waals surface area contributed by atoms with Crippen molar-refractivity contribution in [1.29, 1.82) is 0 Å². The van der Waals surface area contributed by atoms with E-state index in [4.69, 9.17) is 11.6 Å². The molecule has 0 saturated carbocycles. The van der Waals surface area contributed by atoms with Crippen molar-refractivity contribution >= 4 is 39.9 Å². The number of nitrogens with one attached hydrogen (secondary N) is 2. The Kier molecular flexibility index (Phi) is 6.16. The van der Waals surface area contributed by atoms with Crippen LogP contribution in [0.4, 0.5) is 5.13 Å². The fourth-order valence-electron chi connectivity index (χ4n) is 2.52. The molecule has 2 amide bonds. The van der Waals surface area contributed by atoms with E-state index in [9.17, 15) is 9.59 Å². The van der Waals surface area contributed by atoms with Gasteiger partial charge in [0, 0.05) is 17.5 Å². The molecule has 0 aliphatic rings. The van der Waals surface area contributed by atoms with Gasteiger partial charge in [-0.15, -0.1) is 10.2 Å². The van der Waals surface area contributed by atoms with Crippen LogP contribution < -0.4 is 10.6 Å². The second-order valence-corrected chi connectivity index (χ2v) is 7.25. The van der Waals surface area contributed by atoms with Crippen LogP contribution in [-0.2, 0) is 9.59 Å². The molecule has 8 heteroatoms. The summed E-state index contributed by atoms with van der Waals surface area (Å²) in [7, 11) is 0. The molecule has 0 saturated heterocycles. The number of carbonyl (C=O) groups is 2. The molecule has 0 aliphatic carbocycles. The van der Waals surface area contributed by atoms with Crippen molar-refractivity contribution in [2.24, 2.45) is 0 Å². The maximum absolute atomic E-state index is 12.4. The van der Waals surface area contributed by atoms with Crippen molar-refractivity contribution in [3.05, 3.63) is 65.2 Å². The molecule has 0 aliphatic heterocycles. The van der Waals surface area contributed by atoms with Gasteiger partial charge in [0.25, 0.3) is 0 Å². The van der Waals surface area contributed by atoms with Crippen molar-refractivity contribution in [2.75, 3.05) is 5.32 Å². The summed E-state index contributed by atoms with van der Waals surface area (Å²) >= 11 is 7.20. The lowest BCUT2D eigenvalue weighted by atomic mass is 10.0. The van der Waals surface area contributed by atoms with E-state index in [0.717, 1.165) is 16.1 Å². The number of hydrogen-bond donors (Lipinski definition) is 2. The third kappa shape index (κ3) is 5.35. The SMILES string of the molecule is CC(=O)NC(CC(=O)Nc1nnc(-c2ccccc2)s1)c1ccc(Cl)cc1. The highest BCUT2D eigenvalue weighted by molar-refractivity contribution is 7.18. The molecule has 6 nitrogen and oxygen atoms in total. The molecule has 0 spiro atoms. The number of amides is 2. The van der Waals surface area contributed by atoms with E-state index in [1.165, 1.54) is 18.3 Å². The van der Waals surface area contributed by atoms with Crippen LogP contribution in [0.1, 0.15) is 24.9 Å². The van der Waals surface area contributed by atoms with Gasteiger partial charge in [0.05, 0.1) is 12.5 Å². The molecular weight excluding hydrogens is 384 g/mol. The van der Waals surface area contributed by atoms with Crippen LogP contribution in [0.5, 0.6) is 0 Å². The van der Waals surface area contributed by atoms with Crippen LogP contribution in [0.15, 0.2) is 54.6 Å². The number of carbonyl (C=O) groups excluding carboxylic acids is 2. The van der Waals surface area contributed by atoms with E-state index in [1.54, 1.807) is 24.3 Å². The maximum atomic E-state index is 12.4. The first kappa shape index (κ1) is 19.0. The molecule has 138 valence electrons. The molecule has 1 heterocycles. The van der Waals surface area contributed by atoms with Gasteiger partial charge in [0.1, 0.15) is 5.01 Å². The minimum absolute atomic E-state index is 0.0709. The first-order chi connectivity index (χ1) is 13.0. The lowest BCUT2D eigenvalue weighted by Gasteiger charge is -2.17. The van der Waals surface area contributed by atoms with Gasteiger partial charge in [-0.2, -0.15) is 0 Å². The molecule has 3 rings (SSSR count). The molecule has 1 atom stereocenters. The molecule has 1 unspecified atom stereocenters. The minimum Gasteiger partial charge on any atom is -0.349 e.